The van der Waals surface area contributed by atoms with Crippen LogP contribution in [0.5, 0.6) is 0 Å². The molecule has 0 saturated carbocycles. The van der Waals surface area contributed by atoms with Gasteiger partial charge in [-0.25, -0.2) is 4.98 Å². The smallest absolute Gasteiger partial charge is 0.276 e. The van der Waals surface area contributed by atoms with E-state index in [0.717, 1.165) is 31.8 Å². The lowest BCUT2D eigenvalue weighted by Gasteiger charge is -2.45. The summed E-state index contributed by atoms with van der Waals surface area (Å²) in [5.74, 6) is 1.40. The minimum Gasteiger partial charge on any atom is -0.361 e. The Balaban J connectivity index is 1.34. The molecule has 2 amide bonds. The summed E-state index contributed by atoms with van der Waals surface area (Å²) >= 11 is 0. The summed E-state index contributed by atoms with van der Waals surface area (Å²) in [6, 6.07) is 1.65. The number of imidazole rings is 1. The number of aryl methyl sites for hydroxylation is 1. The standard InChI is InChI=1S/C20H25N5O4/c1-14-12-15(22-29-14)17(26)24-9-4-20(5-10-24)19-21-6-11-25(19)13-16(28-20)18(27)23-7-2-3-8-23/h6,11-12,16H,2-5,7-10,13H2,1H3/t16-/m0/s1. The number of piperidine rings is 1. The maximum absolute atomic E-state index is 13.0. The highest BCUT2D eigenvalue weighted by atomic mass is 16.5. The molecule has 3 aliphatic heterocycles. The van der Waals surface area contributed by atoms with Crippen LogP contribution in [0, 0.1) is 6.92 Å². The Labute approximate surface area is 168 Å². The summed E-state index contributed by atoms with van der Waals surface area (Å²) in [6.45, 7) is 4.91. The van der Waals surface area contributed by atoms with Crippen LogP contribution in [0.15, 0.2) is 23.0 Å². The van der Waals surface area contributed by atoms with Crippen LogP contribution in [0.25, 0.3) is 0 Å². The SMILES string of the molecule is Cc1cc(C(=O)N2CCC3(CC2)O[C@H](C(=O)N2CCCC2)Cn2ccnc23)no1. The van der Waals surface area contributed by atoms with E-state index in [-0.39, 0.29) is 11.8 Å². The lowest BCUT2D eigenvalue weighted by molar-refractivity contribution is -0.179. The Morgan fingerprint density at radius 2 is 1.90 bits per heavy atom. The summed E-state index contributed by atoms with van der Waals surface area (Å²) in [4.78, 5) is 33.9. The molecule has 0 N–H and O–H groups in total. The molecule has 0 unspecified atom stereocenters. The first-order valence-electron chi connectivity index (χ1n) is 10.3. The maximum atomic E-state index is 13.0. The molecule has 0 bridgehead atoms. The van der Waals surface area contributed by atoms with E-state index in [1.165, 1.54) is 0 Å². The average Bonchev–Trinajstić information content (AvgIpc) is 3.49. The van der Waals surface area contributed by atoms with E-state index >= 15 is 0 Å². The molecule has 0 aliphatic carbocycles. The second-order valence-electron chi connectivity index (χ2n) is 8.15. The van der Waals surface area contributed by atoms with Crippen molar-refractivity contribution in [3.63, 3.8) is 0 Å². The number of nitrogens with zero attached hydrogens (tertiary/aromatic N) is 5. The number of likely N-dealkylation sites (tertiary alicyclic amines) is 2. The fraction of sp³-hybridized carbons (Fsp3) is 0.600. The van der Waals surface area contributed by atoms with Crippen LogP contribution in [0.1, 0.15) is 47.8 Å². The Hall–Kier alpha value is -2.68. The van der Waals surface area contributed by atoms with Gasteiger partial charge >= 0.3 is 0 Å². The predicted octanol–water partition coefficient (Wildman–Crippen LogP) is 1.33. The van der Waals surface area contributed by atoms with Crippen LogP contribution in [0.4, 0.5) is 0 Å². The first-order valence-corrected chi connectivity index (χ1v) is 10.3. The first-order chi connectivity index (χ1) is 14.1. The molecule has 3 aliphatic rings. The van der Waals surface area contributed by atoms with Crippen LogP contribution in [-0.2, 0) is 21.7 Å². The van der Waals surface area contributed by atoms with Gasteiger partial charge in [-0.3, -0.25) is 9.59 Å². The van der Waals surface area contributed by atoms with Crippen molar-refractivity contribution in [3.05, 3.63) is 35.7 Å². The second-order valence-corrected chi connectivity index (χ2v) is 8.15. The molecule has 154 valence electrons. The van der Waals surface area contributed by atoms with Gasteiger partial charge < -0.3 is 23.6 Å². The van der Waals surface area contributed by atoms with E-state index in [2.05, 4.69) is 10.1 Å². The number of hydrogen-bond acceptors (Lipinski definition) is 6. The Morgan fingerprint density at radius 1 is 1.14 bits per heavy atom. The Morgan fingerprint density at radius 3 is 2.59 bits per heavy atom. The molecule has 0 radical (unpaired) electrons. The van der Waals surface area contributed by atoms with Gasteiger partial charge in [0.1, 0.15) is 17.2 Å². The summed E-state index contributed by atoms with van der Waals surface area (Å²) in [6.07, 6.45) is 6.47. The van der Waals surface area contributed by atoms with Gasteiger partial charge in [-0.15, -0.1) is 0 Å². The van der Waals surface area contributed by atoms with Crippen molar-refractivity contribution in [2.45, 2.75) is 50.9 Å². The molecule has 2 aromatic heterocycles. The molecule has 9 heteroatoms. The van der Waals surface area contributed by atoms with Crippen molar-refractivity contribution in [2.75, 3.05) is 26.2 Å². The molecule has 5 heterocycles. The highest BCUT2D eigenvalue weighted by Crippen LogP contribution is 2.40. The van der Waals surface area contributed by atoms with Crippen molar-refractivity contribution in [1.82, 2.24) is 24.5 Å². The molecule has 2 aromatic rings. The van der Waals surface area contributed by atoms with Crippen LogP contribution < -0.4 is 0 Å². The minimum atomic E-state index is -0.641. The molecule has 0 aromatic carbocycles. The summed E-state index contributed by atoms with van der Waals surface area (Å²) in [5, 5.41) is 3.84. The second kappa shape index (κ2) is 6.98. The lowest BCUT2D eigenvalue weighted by Crippen LogP contribution is -2.55. The van der Waals surface area contributed by atoms with Crippen molar-refractivity contribution in [1.29, 1.82) is 0 Å². The van der Waals surface area contributed by atoms with Gasteiger partial charge in [0.15, 0.2) is 11.8 Å². The van der Waals surface area contributed by atoms with Crippen molar-refractivity contribution in [2.24, 2.45) is 0 Å². The topological polar surface area (TPSA) is 93.7 Å². The third-order valence-electron chi connectivity index (χ3n) is 6.25. The third-order valence-corrected chi connectivity index (χ3v) is 6.25. The van der Waals surface area contributed by atoms with E-state index in [1.807, 2.05) is 15.7 Å². The normalized spacial score (nSPS) is 23.4. The lowest BCUT2D eigenvalue weighted by atomic mass is 9.88. The van der Waals surface area contributed by atoms with Gasteiger partial charge in [-0.05, 0) is 19.8 Å². The fourth-order valence-corrected chi connectivity index (χ4v) is 4.71. The van der Waals surface area contributed by atoms with E-state index < -0.39 is 11.7 Å². The zero-order valence-corrected chi connectivity index (χ0v) is 16.5. The van der Waals surface area contributed by atoms with Crippen molar-refractivity contribution in [3.8, 4) is 0 Å². The Kier molecular flexibility index (Phi) is 4.42. The highest BCUT2D eigenvalue weighted by Gasteiger charge is 2.48. The van der Waals surface area contributed by atoms with Crippen LogP contribution in [0.2, 0.25) is 0 Å². The van der Waals surface area contributed by atoms with Gasteiger partial charge in [0, 0.05) is 57.5 Å². The number of carbonyl (C=O) groups is 2. The van der Waals surface area contributed by atoms with Crippen LogP contribution in [-0.4, -0.2) is 68.6 Å². The quantitative estimate of drug-likeness (QED) is 0.756. The molecule has 5 rings (SSSR count). The Bertz CT molecular complexity index is 921. The molecule has 29 heavy (non-hydrogen) atoms. The largest absolute Gasteiger partial charge is 0.361 e. The number of ether oxygens (including phenoxy) is 1. The van der Waals surface area contributed by atoms with Gasteiger partial charge in [-0.2, -0.15) is 0 Å². The van der Waals surface area contributed by atoms with E-state index in [0.29, 0.717) is 43.9 Å². The molecule has 2 saturated heterocycles. The molecule has 1 atom stereocenters. The van der Waals surface area contributed by atoms with E-state index in [1.54, 1.807) is 24.1 Å². The third kappa shape index (κ3) is 3.13. The molecule has 2 fully saturated rings. The molecule has 9 nitrogen and oxygen atoms in total. The number of carbonyl (C=O) groups excluding carboxylic acids is 2. The first kappa shape index (κ1) is 18.4. The van der Waals surface area contributed by atoms with Gasteiger partial charge in [0.05, 0.1) is 6.54 Å². The van der Waals surface area contributed by atoms with E-state index in [9.17, 15) is 9.59 Å². The van der Waals surface area contributed by atoms with Crippen LogP contribution in [0.3, 0.4) is 0 Å². The number of amides is 2. The summed E-state index contributed by atoms with van der Waals surface area (Å²) < 4.78 is 13.5. The molecular weight excluding hydrogens is 374 g/mol. The van der Waals surface area contributed by atoms with Crippen LogP contribution >= 0.6 is 0 Å². The summed E-state index contributed by atoms with van der Waals surface area (Å²) in [7, 11) is 0. The van der Waals surface area contributed by atoms with Crippen molar-refractivity contribution >= 4 is 11.8 Å². The number of aromatic nitrogens is 3. The van der Waals surface area contributed by atoms with Gasteiger partial charge in [-0.1, -0.05) is 5.16 Å². The minimum absolute atomic E-state index is 0.0674. The van der Waals surface area contributed by atoms with Crippen molar-refractivity contribution < 1.29 is 18.8 Å². The number of hydrogen-bond donors (Lipinski definition) is 0. The summed E-state index contributed by atoms with van der Waals surface area (Å²) in [5.41, 5.74) is -0.315. The zero-order chi connectivity index (χ0) is 20.0. The highest BCUT2D eigenvalue weighted by molar-refractivity contribution is 5.92. The van der Waals surface area contributed by atoms with Gasteiger partial charge in [0.25, 0.3) is 11.8 Å². The van der Waals surface area contributed by atoms with E-state index in [4.69, 9.17) is 9.26 Å². The average molecular weight is 399 g/mol. The van der Waals surface area contributed by atoms with Gasteiger partial charge in [0.2, 0.25) is 0 Å². The number of rotatable bonds is 2. The molecular formula is C20H25N5O4. The monoisotopic (exact) mass is 399 g/mol. The molecule has 1 spiro atoms. The fourth-order valence-electron chi connectivity index (χ4n) is 4.71. The zero-order valence-electron chi connectivity index (χ0n) is 16.5. The maximum Gasteiger partial charge on any atom is 0.276 e. The number of fused-ring (bicyclic) bond motifs is 2. The predicted molar refractivity (Wildman–Crippen MR) is 101 cm³/mol.